The number of nitrogens with zero attached hydrogens (tertiary/aromatic N) is 2. The maximum atomic E-state index is 6.48. The molecule has 0 aromatic carbocycles. The third kappa shape index (κ3) is 3.40. The molecule has 0 atom stereocenters. The van der Waals surface area contributed by atoms with Crippen molar-refractivity contribution in [3.63, 3.8) is 0 Å². The molecule has 1 fully saturated rings. The van der Waals surface area contributed by atoms with Crippen molar-refractivity contribution in [3.05, 3.63) is 22.8 Å². The summed E-state index contributed by atoms with van der Waals surface area (Å²) in [5.74, 6) is 1.52. The predicted octanol–water partition coefficient (Wildman–Crippen LogP) is 3.60. The van der Waals surface area contributed by atoms with E-state index in [1.165, 1.54) is 25.7 Å². The van der Waals surface area contributed by atoms with E-state index in [1.807, 2.05) is 12.3 Å². The first-order valence-electron chi connectivity index (χ1n) is 7.23. The summed E-state index contributed by atoms with van der Waals surface area (Å²) in [6.07, 6.45) is 6.95. The van der Waals surface area contributed by atoms with Gasteiger partial charge in [-0.25, -0.2) is 4.98 Å². The van der Waals surface area contributed by atoms with E-state index in [2.05, 4.69) is 23.7 Å². The molecule has 0 unspecified atom stereocenters. The Kier molecular flexibility index (Phi) is 5.06. The van der Waals surface area contributed by atoms with Crippen molar-refractivity contribution in [1.82, 2.24) is 4.98 Å². The molecule has 0 amide bonds. The van der Waals surface area contributed by atoms with Crippen LogP contribution in [0.25, 0.3) is 0 Å². The fraction of sp³-hybridized carbons (Fsp3) is 0.667. The molecule has 0 spiro atoms. The van der Waals surface area contributed by atoms with E-state index in [1.54, 1.807) is 0 Å². The summed E-state index contributed by atoms with van der Waals surface area (Å²) in [6.45, 7) is 5.95. The van der Waals surface area contributed by atoms with Crippen LogP contribution < -0.4 is 10.6 Å². The summed E-state index contributed by atoms with van der Waals surface area (Å²) >= 11 is 6.48. The topological polar surface area (TPSA) is 42.2 Å². The quantitative estimate of drug-likeness (QED) is 0.897. The van der Waals surface area contributed by atoms with Gasteiger partial charge in [-0.05, 0) is 30.4 Å². The number of hydrogen-bond donors (Lipinski definition) is 1. The highest BCUT2D eigenvalue weighted by Crippen LogP contribution is 2.33. The van der Waals surface area contributed by atoms with Crippen molar-refractivity contribution >= 4 is 17.4 Å². The summed E-state index contributed by atoms with van der Waals surface area (Å²) in [5.41, 5.74) is 6.73. The van der Waals surface area contributed by atoms with Crippen LogP contribution in [0.2, 0.25) is 5.02 Å². The van der Waals surface area contributed by atoms with Gasteiger partial charge in [-0.1, -0.05) is 38.3 Å². The van der Waals surface area contributed by atoms with Crippen LogP contribution in [-0.2, 0) is 6.54 Å². The van der Waals surface area contributed by atoms with Crippen LogP contribution in [0, 0.1) is 5.92 Å². The second-order valence-corrected chi connectivity index (χ2v) is 6.17. The average molecular weight is 282 g/mol. The minimum Gasteiger partial charge on any atom is -0.352 e. The van der Waals surface area contributed by atoms with E-state index in [9.17, 15) is 0 Å². The average Bonchev–Trinajstić information content (AvgIpc) is 2.90. The Balaban J connectivity index is 2.31. The fourth-order valence-electron chi connectivity index (χ4n) is 2.85. The largest absolute Gasteiger partial charge is 0.352 e. The molecular formula is C15H24ClN3. The van der Waals surface area contributed by atoms with E-state index in [-0.39, 0.29) is 0 Å². The molecule has 1 aromatic rings. The van der Waals surface area contributed by atoms with Crippen molar-refractivity contribution in [3.8, 4) is 0 Å². The second-order valence-electron chi connectivity index (χ2n) is 5.80. The highest BCUT2D eigenvalue weighted by molar-refractivity contribution is 6.33. The monoisotopic (exact) mass is 281 g/mol. The van der Waals surface area contributed by atoms with Gasteiger partial charge >= 0.3 is 0 Å². The lowest BCUT2D eigenvalue weighted by Crippen LogP contribution is -2.37. The molecule has 106 valence electrons. The minimum atomic E-state index is 0.467. The second kappa shape index (κ2) is 6.58. The molecule has 2 rings (SSSR count). The molecule has 0 bridgehead atoms. The van der Waals surface area contributed by atoms with Gasteiger partial charge in [-0.2, -0.15) is 0 Å². The molecule has 19 heavy (non-hydrogen) atoms. The lowest BCUT2D eigenvalue weighted by Gasteiger charge is -2.32. The lowest BCUT2D eigenvalue weighted by atomic mass is 10.1. The summed E-state index contributed by atoms with van der Waals surface area (Å²) in [4.78, 5) is 6.93. The van der Waals surface area contributed by atoms with Crippen molar-refractivity contribution < 1.29 is 0 Å². The lowest BCUT2D eigenvalue weighted by molar-refractivity contribution is 0.531. The van der Waals surface area contributed by atoms with Crippen molar-refractivity contribution in [1.29, 1.82) is 0 Å². The van der Waals surface area contributed by atoms with Crippen LogP contribution in [0.4, 0.5) is 5.82 Å². The maximum Gasteiger partial charge on any atom is 0.147 e. The highest BCUT2D eigenvalue weighted by atomic mass is 35.5. The number of hydrogen-bond acceptors (Lipinski definition) is 3. The maximum absolute atomic E-state index is 6.48. The van der Waals surface area contributed by atoms with Gasteiger partial charge in [0.15, 0.2) is 0 Å². The zero-order valence-corrected chi connectivity index (χ0v) is 12.7. The zero-order valence-electron chi connectivity index (χ0n) is 11.9. The van der Waals surface area contributed by atoms with Crippen LogP contribution in [0.3, 0.4) is 0 Å². The number of halogens is 1. The van der Waals surface area contributed by atoms with Crippen molar-refractivity contribution in [2.75, 3.05) is 11.4 Å². The Morgan fingerprint density at radius 2 is 2.11 bits per heavy atom. The van der Waals surface area contributed by atoms with Crippen LogP contribution in [0.1, 0.15) is 45.1 Å². The van der Waals surface area contributed by atoms with E-state index in [0.717, 1.165) is 22.9 Å². The molecule has 0 radical (unpaired) electrons. The minimum absolute atomic E-state index is 0.467. The third-order valence-corrected chi connectivity index (χ3v) is 4.18. The van der Waals surface area contributed by atoms with Crippen LogP contribution in [-0.4, -0.2) is 17.6 Å². The third-order valence-electron chi connectivity index (χ3n) is 3.77. The van der Waals surface area contributed by atoms with Gasteiger partial charge in [0, 0.05) is 25.3 Å². The molecule has 0 aliphatic heterocycles. The molecule has 3 nitrogen and oxygen atoms in total. The predicted molar refractivity (Wildman–Crippen MR) is 81.6 cm³/mol. The van der Waals surface area contributed by atoms with E-state index in [0.29, 0.717) is 18.5 Å². The van der Waals surface area contributed by atoms with Crippen molar-refractivity contribution in [2.24, 2.45) is 11.7 Å². The molecule has 4 heteroatoms. The van der Waals surface area contributed by atoms with Crippen LogP contribution >= 0.6 is 11.6 Å². The van der Waals surface area contributed by atoms with Gasteiger partial charge in [0.05, 0.1) is 5.02 Å². The van der Waals surface area contributed by atoms with Gasteiger partial charge < -0.3 is 10.6 Å². The van der Waals surface area contributed by atoms with Gasteiger partial charge in [0.1, 0.15) is 5.82 Å². The summed E-state index contributed by atoms with van der Waals surface area (Å²) in [6, 6.07) is 2.49. The van der Waals surface area contributed by atoms with Gasteiger partial charge in [0.25, 0.3) is 0 Å². The first-order valence-corrected chi connectivity index (χ1v) is 7.61. The van der Waals surface area contributed by atoms with Crippen LogP contribution in [0.15, 0.2) is 12.3 Å². The molecular weight excluding hydrogens is 258 g/mol. The first kappa shape index (κ1) is 14.6. The van der Waals surface area contributed by atoms with Gasteiger partial charge in [0.2, 0.25) is 0 Å². The van der Waals surface area contributed by atoms with Gasteiger partial charge in [-0.15, -0.1) is 0 Å². The Bertz CT molecular complexity index is 414. The SMILES string of the molecule is CC(C)CN(c1nccc(CN)c1Cl)C1CCCC1. The highest BCUT2D eigenvalue weighted by Gasteiger charge is 2.26. The van der Waals surface area contributed by atoms with E-state index >= 15 is 0 Å². The standard InChI is InChI=1S/C15H24ClN3/c1-11(2)10-19(13-5-3-4-6-13)15-14(16)12(9-17)7-8-18-15/h7-8,11,13H,3-6,9-10,17H2,1-2H3. The van der Waals surface area contributed by atoms with E-state index < -0.39 is 0 Å². The number of anilines is 1. The molecule has 1 aliphatic carbocycles. The molecule has 2 N–H and O–H groups in total. The molecule has 0 saturated heterocycles. The fourth-order valence-corrected chi connectivity index (χ4v) is 3.14. The summed E-state index contributed by atoms with van der Waals surface area (Å²) < 4.78 is 0. The summed E-state index contributed by atoms with van der Waals surface area (Å²) in [7, 11) is 0. The van der Waals surface area contributed by atoms with Gasteiger partial charge in [-0.3, -0.25) is 0 Å². The normalized spacial score (nSPS) is 16.3. The molecule has 1 aliphatic rings. The zero-order chi connectivity index (χ0) is 13.8. The number of nitrogens with two attached hydrogens (primary N) is 1. The van der Waals surface area contributed by atoms with Crippen LogP contribution in [0.5, 0.6) is 0 Å². The molecule has 1 aromatic heterocycles. The molecule has 1 saturated carbocycles. The summed E-state index contributed by atoms with van der Waals surface area (Å²) in [5, 5.41) is 0.734. The number of pyridine rings is 1. The number of rotatable bonds is 5. The smallest absolute Gasteiger partial charge is 0.147 e. The Labute approximate surface area is 121 Å². The Morgan fingerprint density at radius 3 is 2.68 bits per heavy atom. The van der Waals surface area contributed by atoms with E-state index in [4.69, 9.17) is 17.3 Å². The Hall–Kier alpha value is -0.800. The Morgan fingerprint density at radius 1 is 1.42 bits per heavy atom. The number of aromatic nitrogens is 1. The first-order chi connectivity index (χ1) is 9.13. The molecule has 1 heterocycles. The van der Waals surface area contributed by atoms with Crippen molar-refractivity contribution in [2.45, 2.75) is 52.1 Å².